The molecule has 0 aliphatic rings. The Kier molecular flexibility index (Phi) is 32.0. The van der Waals surface area contributed by atoms with E-state index in [4.69, 9.17) is 47.7 Å². The first-order valence-corrected chi connectivity index (χ1v) is 14.3. The number of amides is 1. The van der Waals surface area contributed by atoms with Crippen LogP contribution in [0.3, 0.4) is 0 Å². The summed E-state index contributed by atoms with van der Waals surface area (Å²) in [7, 11) is 1.35. The fourth-order valence-electron chi connectivity index (χ4n) is 2.83. The standard InChI is InChI=1S/C27H51NO14/c1-33-27(32)5-8-35-10-12-37-14-16-39-18-20-41-22-24-42-23-21-40-19-17-38-15-13-36-11-9-34-7-2-6-28-25(29)3-4-26(30)31/h2-24H2,1H3,(H,28,29)(H,30,31). The molecule has 42 heavy (non-hydrogen) atoms. The fourth-order valence-corrected chi connectivity index (χ4v) is 2.83. The maximum atomic E-state index is 11.3. The van der Waals surface area contributed by atoms with Gasteiger partial charge in [0.2, 0.25) is 5.91 Å². The number of carbonyl (C=O) groups excluding carboxylic acids is 2. The molecule has 0 fully saturated rings. The second-order valence-corrected chi connectivity index (χ2v) is 8.43. The molecule has 0 saturated heterocycles. The molecule has 15 heteroatoms. The van der Waals surface area contributed by atoms with Crippen LogP contribution in [0.1, 0.15) is 25.7 Å². The molecule has 15 nitrogen and oxygen atoms in total. The minimum atomic E-state index is -0.985. The SMILES string of the molecule is COC(=O)CCOCCOCCOCCOCCOCCOCCOCCOCCOCCCNC(=O)CCC(=O)O. The number of methoxy groups -OCH3 is 1. The van der Waals surface area contributed by atoms with Crippen LogP contribution in [0.4, 0.5) is 0 Å². The number of aliphatic carboxylic acids is 1. The number of carboxylic acid groups (broad SMARTS) is 1. The maximum Gasteiger partial charge on any atom is 0.307 e. The van der Waals surface area contributed by atoms with Gasteiger partial charge in [0, 0.05) is 19.6 Å². The number of carboxylic acids is 1. The van der Waals surface area contributed by atoms with Crippen molar-refractivity contribution < 1.29 is 66.9 Å². The molecular formula is C27H51NO14. The highest BCUT2D eigenvalue weighted by Crippen LogP contribution is 1.90. The molecule has 0 aliphatic heterocycles. The van der Waals surface area contributed by atoms with Gasteiger partial charge in [0.25, 0.3) is 0 Å². The summed E-state index contributed by atoms with van der Waals surface area (Å²) in [5.74, 6) is -1.55. The monoisotopic (exact) mass is 613 g/mol. The molecule has 0 radical (unpaired) electrons. The van der Waals surface area contributed by atoms with E-state index >= 15 is 0 Å². The van der Waals surface area contributed by atoms with E-state index in [1.54, 1.807) is 0 Å². The van der Waals surface area contributed by atoms with Crippen molar-refractivity contribution in [2.75, 3.05) is 133 Å². The summed E-state index contributed by atoms with van der Waals surface area (Å²) < 4.78 is 53.0. The van der Waals surface area contributed by atoms with Crippen molar-refractivity contribution in [2.24, 2.45) is 0 Å². The average molecular weight is 614 g/mol. The highest BCUT2D eigenvalue weighted by atomic mass is 16.6. The van der Waals surface area contributed by atoms with Gasteiger partial charge in [-0.1, -0.05) is 0 Å². The van der Waals surface area contributed by atoms with Crippen molar-refractivity contribution >= 4 is 17.8 Å². The molecule has 0 aromatic rings. The Hall–Kier alpha value is -1.95. The summed E-state index contributed by atoms with van der Waals surface area (Å²) in [6.07, 6.45) is 0.709. The molecular weight excluding hydrogens is 562 g/mol. The minimum Gasteiger partial charge on any atom is -0.481 e. The minimum absolute atomic E-state index is 0.0120. The first-order valence-electron chi connectivity index (χ1n) is 14.3. The lowest BCUT2D eigenvalue weighted by Gasteiger charge is -2.09. The van der Waals surface area contributed by atoms with E-state index in [2.05, 4.69) is 10.1 Å². The summed E-state index contributed by atoms with van der Waals surface area (Å²) >= 11 is 0. The summed E-state index contributed by atoms with van der Waals surface area (Å²) in [6.45, 7) is 8.67. The zero-order valence-corrected chi connectivity index (χ0v) is 25.0. The van der Waals surface area contributed by atoms with Crippen LogP contribution in [0.15, 0.2) is 0 Å². The Bertz CT molecular complexity index is 626. The number of ether oxygens (including phenoxy) is 10. The normalized spacial score (nSPS) is 11.1. The van der Waals surface area contributed by atoms with Gasteiger partial charge in [-0.15, -0.1) is 0 Å². The third kappa shape index (κ3) is 34.3. The number of carbonyl (C=O) groups is 3. The van der Waals surface area contributed by atoms with E-state index in [-0.39, 0.29) is 31.1 Å². The van der Waals surface area contributed by atoms with Gasteiger partial charge >= 0.3 is 11.9 Å². The first kappa shape index (κ1) is 40.1. The number of hydrogen-bond acceptors (Lipinski definition) is 13. The lowest BCUT2D eigenvalue weighted by atomic mass is 10.3. The van der Waals surface area contributed by atoms with Crippen molar-refractivity contribution in [3.63, 3.8) is 0 Å². The summed E-state index contributed by atoms with van der Waals surface area (Å²) in [5, 5.41) is 11.2. The van der Waals surface area contributed by atoms with Gasteiger partial charge in [-0.25, -0.2) is 0 Å². The maximum absolute atomic E-state index is 11.3. The van der Waals surface area contributed by atoms with Crippen LogP contribution >= 0.6 is 0 Å². The van der Waals surface area contributed by atoms with Crippen LogP contribution in [-0.4, -0.2) is 156 Å². The molecule has 0 saturated carbocycles. The zero-order valence-electron chi connectivity index (χ0n) is 25.0. The van der Waals surface area contributed by atoms with Crippen LogP contribution < -0.4 is 5.32 Å². The number of esters is 1. The Morgan fingerprint density at radius 2 is 0.810 bits per heavy atom. The fraction of sp³-hybridized carbons (Fsp3) is 0.889. The van der Waals surface area contributed by atoms with Crippen LogP contribution in [0.5, 0.6) is 0 Å². The molecule has 1 amide bonds. The molecule has 2 N–H and O–H groups in total. The third-order valence-electron chi connectivity index (χ3n) is 5.01. The Morgan fingerprint density at radius 3 is 1.14 bits per heavy atom. The van der Waals surface area contributed by atoms with E-state index < -0.39 is 5.97 Å². The van der Waals surface area contributed by atoms with Crippen LogP contribution in [-0.2, 0) is 61.8 Å². The van der Waals surface area contributed by atoms with Crippen molar-refractivity contribution in [3.05, 3.63) is 0 Å². The quantitative estimate of drug-likeness (QED) is 0.0736. The predicted octanol–water partition coefficient (Wildman–Crippen LogP) is 0.0700. The largest absolute Gasteiger partial charge is 0.481 e. The second kappa shape index (κ2) is 33.6. The number of nitrogens with one attached hydrogen (secondary N) is 1. The smallest absolute Gasteiger partial charge is 0.307 e. The topological polar surface area (TPSA) is 176 Å². The summed E-state index contributed by atoms with van der Waals surface area (Å²) in [5.41, 5.74) is 0. The molecule has 0 heterocycles. The van der Waals surface area contributed by atoms with Crippen molar-refractivity contribution in [1.29, 1.82) is 0 Å². The van der Waals surface area contributed by atoms with Gasteiger partial charge in [-0.05, 0) is 6.42 Å². The van der Waals surface area contributed by atoms with E-state index in [0.29, 0.717) is 132 Å². The van der Waals surface area contributed by atoms with Crippen LogP contribution in [0.25, 0.3) is 0 Å². The van der Waals surface area contributed by atoms with E-state index in [0.717, 1.165) is 0 Å². The summed E-state index contributed by atoms with van der Waals surface area (Å²) in [4.78, 5) is 32.6. The van der Waals surface area contributed by atoms with E-state index in [1.807, 2.05) is 0 Å². The average Bonchev–Trinajstić information content (AvgIpc) is 2.98. The molecule has 0 aromatic carbocycles. The molecule has 0 aliphatic carbocycles. The van der Waals surface area contributed by atoms with E-state index in [1.165, 1.54) is 7.11 Å². The van der Waals surface area contributed by atoms with Crippen LogP contribution in [0.2, 0.25) is 0 Å². The first-order chi connectivity index (χ1) is 20.6. The molecule has 248 valence electrons. The Morgan fingerprint density at radius 1 is 0.476 bits per heavy atom. The van der Waals surface area contributed by atoms with Gasteiger partial charge in [0.05, 0.1) is 132 Å². The summed E-state index contributed by atoms with van der Waals surface area (Å²) in [6, 6.07) is 0. The van der Waals surface area contributed by atoms with Gasteiger partial charge in [-0.3, -0.25) is 14.4 Å². The number of hydrogen-bond donors (Lipinski definition) is 2. The van der Waals surface area contributed by atoms with Gasteiger partial charge in [0.15, 0.2) is 0 Å². The molecule has 0 rings (SSSR count). The highest BCUT2D eigenvalue weighted by molar-refractivity contribution is 5.80. The molecule has 0 atom stereocenters. The van der Waals surface area contributed by atoms with Crippen molar-refractivity contribution in [3.8, 4) is 0 Å². The van der Waals surface area contributed by atoms with Crippen molar-refractivity contribution in [2.45, 2.75) is 25.7 Å². The third-order valence-corrected chi connectivity index (χ3v) is 5.01. The Balaban J connectivity index is 3.10. The molecule has 0 spiro atoms. The van der Waals surface area contributed by atoms with Crippen LogP contribution in [0, 0.1) is 0 Å². The number of rotatable bonds is 34. The zero-order chi connectivity index (χ0) is 30.8. The molecule has 0 unspecified atom stereocenters. The van der Waals surface area contributed by atoms with E-state index in [9.17, 15) is 14.4 Å². The van der Waals surface area contributed by atoms with Gasteiger partial charge < -0.3 is 57.8 Å². The molecule has 0 bridgehead atoms. The van der Waals surface area contributed by atoms with Gasteiger partial charge in [0.1, 0.15) is 0 Å². The highest BCUT2D eigenvalue weighted by Gasteiger charge is 2.04. The lowest BCUT2D eigenvalue weighted by Crippen LogP contribution is -2.25. The molecule has 0 aromatic heterocycles. The second-order valence-electron chi connectivity index (χ2n) is 8.43. The van der Waals surface area contributed by atoms with Gasteiger partial charge in [-0.2, -0.15) is 0 Å². The predicted molar refractivity (Wildman–Crippen MR) is 149 cm³/mol. The van der Waals surface area contributed by atoms with Crippen molar-refractivity contribution in [1.82, 2.24) is 5.32 Å². The Labute approximate surface area is 248 Å². The lowest BCUT2D eigenvalue weighted by molar-refractivity contribution is -0.142.